The first-order chi connectivity index (χ1) is 8.75. The minimum Gasteiger partial charge on any atom is -0.383 e. The van der Waals surface area contributed by atoms with Crippen molar-refractivity contribution in [2.24, 2.45) is 0 Å². The van der Waals surface area contributed by atoms with Crippen LogP contribution in [0, 0.1) is 6.92 Å². The fourth-order valence-electron chi connectivity index (χ4n) is 2.83. The first-order valence-corrected chi connectivity index (χ1v) is 6.73. The summed E-state index contributed by atoms with van der Waals surface area (Å²) in [4.78, 5) is 8.70. The zero-order chi connectivity index (χ0) is 12.5. The van der Waals surface area contributed by atoms with Crippen LogP contribution in [0.15, 0.2) is 6.20 Å². The average molecular weight is 245 g/mol. The van der Waals surface area contributed by atoms with Crippen molar-refractivity contribution in [3.8, 4) is 0 Å². The van der Waals surface area contributed by atoms with E-state index in [2.05, 4.69) is 19.7 Å². The van der Waals surface area contributed by atoms with E-state index in [1.807, 2.05) is 6.92 Å². The molecule has 0 amide bonds. The van der Waals surface area contributed by atoms with Crippen LogP contribution in [-0.4, -0.2) is 19.7 Å². The molecule has 1 aliphatic rings. The highest BCUT2D eigenvalue weighted by Gasteiger charge is 2.18. The molecule has 5 heteroatoms. The Labute approximate surface area is 106 Å². The lowest BCUT2D eigenvalue weighted by Crippen LogP contribution is -2.11. The van der Waals surface area contributed by atoms with E-state index in [9.17, 15) is 0 Å². The van der Waals surface area contributed by atoms with Crippen LogP contribution in [-0.2, 0) is 0 Å². The lowest BCUT2D eigenvalue weighted by Gasteiger charge is -2.15. The van der Waals surface area contributed by atoms with Gasteiger partial charge in [-0.25, -0.2) is 14.6 Å². The second kappa shape index (κ2) is 4.55. The van der Waals surface area contributed by atoms with Crippen molar-refractivity contribution in [1.29, 1.82) is 0 Å². The number of nitrogen functional groups attached to an aromatic ring is 1. The molecule has 0 atom stereocenters. The average Bonchev–Trinajstić information content (AvgIpc) is 2.59. The number of anilines is 1. The summed E-state index contributed by atoms with van der Waals surface area (Å²) in [7, 11) is 0. The van der Waals surface area contributed by atoms with Gasteiger partial charge in [-0.15, -0.1) is 0 Å². The summed E-state index contributed by atoms with van der Waals surface area (Å²) in [6.07, 6.45) is 9.43. The molecule has 2 N–H and O–H groups in total. The molecule has 1 aliphatic carbocycles. The highest BCUT2D eigenvalue weighted by atomic mass is 15.3. The summed E-state index contributed by atoms with van der Waals surface area (Å²) in [6, 6.07) is 0.471. The molecule has 0 aliphatic heterocycles. The maximum atomic E-state index is 5.93. The second-order valence-electron chi connectivity index (χ2n) is 5.13. The first-order valence-electron chi connectivity index (χ1n) is 6.73. The molecular weight excluding hydrogens is 226 g/mol. The maximum Gasteiger partial charge on any atom is 0.163 e. The summed E-state index contributed by atoms with van der Waals surface area (Å²) in [5, 5.41) is 5.38. The molecule has 0 radical (unpaired) electrons. The fraction of sp³-hybridized carbons (Fsp3) is 0.615. The van der Waals surface area contributed by atoms with E-state index in [4.69, 9.17) is 5.73 Å². The quantitative estimate of drug-likeness (QED) is 0.784. The third-order valence-electron chi connectivity index (χ3n) is 3.77. The molecule has 1 saturated carbocycles. The molecule has 3 rings (SSSR count). The maximum absolute atomic E-state index is 5.93. The SMILES string of the molecule is Cc1nc(N)c2cnn(C3CCCCCC3)c2n1. The van der Waals surface area contributed by atoms with Crippen LogP contribution in [0.1, 0.15) is 50.4 Å². The number of hydrogen-bond acceptors (Lipinski definition) is 4. The Kier molecular flexibility index (Phi) is 2.89. The largest absolute Gasteiger partial charge is 0.383 e. The third-order valence-corrected chi connectivity index (χ3v) is 3.77. The Morgan fingerprint density at radius 3 is 2.61 bits per heavy atom. The van der Waals surface area contributed by atoms with Gasteiger partial charge in [0.05, 0.1) is 17.6 Å². The van der Waals surface area contributed by atoms with Gasteiger partial charge in [0.25, 0.3) is 0 Å². The van der Waals surface area contributed by atoms with E-state index in [0.717, 1.165) is 16.9 Å². The number of hydrogen-bond donors (Lipinski definition) is 1. The van der Waals surface area contributed by atoms with Crippen molar-refractivity contribution in [2.45, 2.75) is 51.5 Å². The molecule has 0 aromatic carbocycles. The summed E-state index contributed by atoms with van der Waals surface area (Å²) < 4.78 is 2.06. The van der Waals surface area contributed by atoms with Gasteiger partial charge in [0.15, 0.2) is 5.65 Å². The lowest BCUT2D eigenvalue weighted by atomic mass is 10.1. The van der Waals surface area contributed by atoms with E-state index in [1.54, 1.807) is 6.20 Å². The minimum atomic E-state index is 0.471. The van der Waals surface area contributed by atoms with Gasteiger partial charge in [-0.1, -0.05) is 25.7 Å². The Balaban J connectivity index is 2.05. The van der Waals surface area contributed by atoms with E-state index in [-0.39, 0.29) is 0 Å². The van der Waals surface area contributed by atoms with Crippen molar-refractivity contribution in [1.82, 2.24) is 19.7 Å². The topological polar surface area (TPSA) is 69.6 Å². The van der Waals surface area contributed by atoms with E-state index >= 15 is 0 Å². The molecule has 0 unspecified atom stereocenters. The van der Waals surface area contributed by atoms with Crippen LogP contribution in [0.4, 0.5) is 5.82 Å². The van der Waals surface area contributed by atoms with Crippen LogP contribution in [0.3, 0.4) is 0 Å². The van der Waals surface area contributed by atoms with E-state index < -0.39 is 0 Å². The van der Waals surface area contributed by atoms with Crippen molar-refractivity contribution in [3.63, 3.8) is 0 Å². The van der Waals surface area contributed by atoms with Gasteiger partial charge in [0.2, 0.25) is 0 Å². The van der Waals surface area contributed by atoms with E-state index in [0.29, 0.717) is 11.9 Å². The number of nitrogens with two attached hydrogens (primary N) is 1. The number of rotatable bonds is 1. The molecule has 0 saturated heterocycles. The zero-order valence-corrected chi connectivity index (χ0v) is 10.8. The Morgan fingerprint density at radius 2 is 1.89 bits per heavy atom. The van der Waals surface area contributed by atoms with Crippen LogP contribution >= 0.6 is 0 Å². The smallest absolute Gasteiger partial charge is 0.163 e. The van der Waals surface area contributed by atoms with Crippen LogP contribution in [0.5, 0.6) is 0 Å². The number of nitrogens with zero attached hydrogens (tertiary/aromatic N) is 4. The molecule has 0 bridgehead atoms. The third kappa shape index (κ3) is 1.94. The van der Waals surface area contributed by atoms with E-state index in [1.165, 1.54) is 38.5 Å². The molecule has 5 nitrogen and oxygen atoms in total. The zero-order valence-electron chi connectivity index (χ0n) is 10.8. The number of fused-ring (bicyclic) bond motifs is 1. The number of aromatic nitrogens is 4. The Morgan fingerprint density at radius 1 is 1.17 bits per heavy atom. The van der Waals surface area contributed by atoms with Gasteiger partial charge in [-0.2, -0.15) is 5.10 Å². The predicted octanol–water partition coefficient (Wildman–Crippen LogP) is 2.61. The summed E-state index contributed by atoms with van der Waals surface area (Å²) in [5.41, 5.74) is 6.82. The second-order valence-corrected chi connectivity index (χ2v) is 5.13. The number of aryl methyl sites for hydroxylation is 1. The van der Waals surface area contributed by atoms with Crippen LogP contribution in [0.2, 0.25) is 0 Å². The summed E-state index contributed by atoms with van der Waals surface area (Å²) in [5.74, 6) is 1.26. The van der Waals surface area contributed by atoms with Crippen molar-refractivity contribution >= 4 is 16.9 Å². The highest BCUT2D eigenvalue weighted by molar-refractivity contribution is 5.85. The fourth-order valence-corrected chi connectivity index (χ4v) is 2.83. The van der Waals surface area contributed by atoms with Gasteiger partial charge in [0.1, 0.15) is 11.6 Å². The minimum absolute atomic E-state index is 0.471. The molecule has 96 valence electrons. The van der Waals surface area contributed by atoms with Gasteiger partial charge >= 0.3 is 0 Å². The molecule has 0 spiro atoms. The van der Waals surface area contributed by atoms with Crippen LogP contribution in [0.25, 0.3) is 11.0 Å². The van der Waals surface area contributed by atoms with Crippen molar-refractivity contribution in [3.05, 3.63) is 12.0 Å². The molecular formula is C13H19N5. The summed E-state index contributed by atoms with van der Waals surface area (Å²) >= 11 is 0. The van der Waals surface area contributed by atoms with Crippen molar-refractivity contribution in [2.75, 3.05) is 5.73 Å². The Hall–Kier alpha value is -1.65. The molecule has 2 heterocycles. The highest BCUT2D eigenvalue weighted by Crippen LogP contribution is 2.29. The monoisotopic (exact) mass is 245 g/mol. The molecule has 2 aromatic rings. The lowest BCUT2D eigenvalue weighted by molar-refractivity contribution is 0.414. The van der Waals surface area contributed by atoms with Crippen LogP contribution < -0.4 is 5.73 Å². The van der Waals surface area contributed by atoms with Crippen molar-refractivity contribution < 1.29 is 0 Å². The molecule has 2 aromatic heterocycles. The molecule has 1 fully saturated rings. The van der Waals surface area contributed by atoms with Gasteiger partial charge in [-0.3, -0.25) is 0 Å². The van der Waals surface area contributed by atoms with Gasteiger partial charge in [-0.05, 0) is 19.8 Å². The predicted molar refractivity (Wildman–Crippen MR) is 71.2 cm³/mol. The Bertz CT molecular complexity index is 552. The standard InChI is InChI=1S/C13H19N5/c1-9-16-12(14)11-8-15-18(13(11)17-9)10-6-4-2-3-5-7-10/h8,10H,2-7H2,1H3,(H2,14,16,17). The summed E-state index contributed by atoms with van der Waals surface area (Å²) in [6.45, 7) is 1.88. The molecule has 18 heavy (non-hydrogen) atoms. The van der Waals surface area contributed by atoms with Gasteiger partial charge in [0, 0.05) is 0 Å². The van der Waals surface area contributed by atoms with Gasteiger partial charge < -0.3 is 5.73 Å². The normalized spacial score (nSPS) is 18.1. The first kappa shape index (κ1) is 11.4.